The fourth-order valence-electron chi connectivity index (χ4n) is 3.80. The molecule has 0 saturated heterocycles. The molecule has 1 aliphatic rings. The highest BCUT2D eigenvalue weighted by atomic mass is 16.5. The van der Waals surface area contributed by atoms with Gasteiger partial charge in [-0.3, -0.25) is 9.78 Å². The molecule has 1 unspecified atom stereocenters. The smallest absolute Gasteiger partial charge is 0.255 e. The average molecular weight is 450 g/mol. The highest BCUT2D eigenvalue weighted by Gasteiger charge is 2.34. The number of rotatable bonds is 8. The van der Waals surface area contributed by atoms with Crippen molar-refractivity contribution in [2.24, 2.45) is 0 Å². The number of nitrogens with zero attached hydrogens (tertiary/aromatic N) is 4. The molecule has 0 radical (unpaired) electrons. The van der Waals surface area contributed by atoms with Crippen molar-refractivity contribution in [2.45, 2.75) is 25.8 Å². The van der Waals surface area contributed by atoms with E-state index < -0.39 is 6.04 Å². The van der Waals surface area contributed by atoms with E-state index in [0.717, 1.165) is 5.56 Å². The monoisotopic (exact) mass is 450 g/mol. The molecule has 0 aliphatic carbocycles. The van der Waals surface area contributed by atoms with Crippen LogP contribution < -0.4 is 20.1 Å². The summed E-state index contributed by atoms with van der Waals surface area (Å²) in [5.41, 5.74) is 2.51. The minimum Gasteiger partial charge on any atom is -0.493 e. The Morgan fingerprint density at radius 3 is 2.76 bits per heavy atom. The second kappa shape index (κ2) is 9.70. The summed E-state index contributed by atoms with van der Waals surface area (Å²) in [5, 5.41) is 20.0. The summed E-state index contributed by atoms with van der Waals surface area (Å²) < 4.78 is 12.6. The number of hydrogen-bond acceptors (Lipinski definition) is 8. The minimum absolute atomic E-state index is 0.0481. The minimum atomic E-state index is -0.562. The van der Waals surface area contributed by atoms with Gasteiger partial charge in [0.05, 0.1) is 31.7 Å². The van der Waals surface area contributed by atoms with E-state index in [0.29, 0.717) is 53.1 Å². The van der Waals surface area contributed by atoms with E-state index in [1.807, 2.05) is 19.1 Å². The van der Waals surface area contributed by atoms with Gasteiger partial charge in [-0.15, -0.1) is 0 Å². The number of nitrogens with one attached hydrogen (secondary N) is 2. The topological polar surface area (TPSA) is 123 Å². The van der Waals surface area contributed by atoms with Gasteiger partial charge >= 0.3 is 0 Å². The lowest BCUT2D eigenvalue weighted by atomic mass is 9.94. The maximum atomic E-state index is 13.4. The SMILES string of the molecule is COc1ccc(C2C(C(=O)Nc3cccnc3)=C(C)Nc3nc(CCCO)nn32)cc1OC. The molecule has 1 aliphatic heterocycles. The predicted octanol–water partition coefficient (Wildman–Crippen LogP) is 2.54. The molecule has 172 valence electrons. The number of pyridine rings is 1. The Bertz CT molecular complexity index is 1170. The van der Waals surface area contributed by atoms with Crippen LogP contribution in [0.3, 0.4) is 0 Å². The van der Waals surface area contributed by atoms with Gasteiger partial charge in [-0.2, -0.15) is 10.1 Å². The van der Waals surface area contributed by atoms with Gasteiger partial charge in [-0.1, -0.05) is 6.07 Å². The molecule has 0 saturated carbocycles. The second-order valence-electron chi connectivity index (χ2n) is 7.50. The van der Waals surface area contributed by atoms with Gasteiger partial charge in [0.2, 0.25) is 5.95 Å². The second-order valence-corrected chi connectivity index (χ2v) is 7.50. The van der Waals surface area contributed by atoms with Crippen LogP contribution in [0.15, 0.2) is 54.0 Å². The van der Waals surface area contributed by atoms with Gasteiger partial charge in [-0.25, -0.2) is 4.68 Å². The summed E-state index contributed by atoms with van der Waals surface area (Å²) in [6.07, 6.45) is 4.30. The first-order valence-corrected chi connectivity index (χ1v) is 10.5. The van der Waals surface area contributed by atoms with Crippen LogP contribution in [-0.2, 0) is 11.2 Å². The zero-order valence-electron chi connectivity index (χ0n) is 18.7. The maximum absolute atomic E-state index is 13.4. The molecule has 0 spiro atoms. The first-order valence-electron chi connectivity index (χ1n) is 10.5. The zero-order chi connectivity index (χ0) is 23.4. The highest BCUT2D eigenvalue weighted by molar-refractivity contribution is 6.05. The molecule has 3 heterocycles. The summed E-state index contributed by atoms with van der Waals surface area (Å²) in [5.74, 6) is 1.95. The number of aliphatic hydroxyl groups is 1. The molecule has 0 bridgehead atoms. The Kier molecular flexibility index (Phi) is 6.55. The Balaban J connectivity index is 1.80. The van der Waals surface area contributed by atoms with Crippen molar-refractivity contribution >= 4 is 17.5 Å². The van der Waals surface area contributed by atoms with Crippen LogP contribution in [0.1, 0.15) is 30.8 Å². The van der Waals surface area contributed by atoms with Crippen molar-refractivity contribution in [2.75, 3.05) is 31.5 Å². The van der Waals surface area contributed by atoms with Crippen molar-refractivity contribution in [1.82, 2.24) is 19.7 Å². The molecule has 33 heavy (non-hydrogen) atoms. The molecule has 1 amide bonds. The number of aromatic nitrogens is 4. The Morgan fingerprint density at radius 1 is 1.24 bits per heavy atom. The Morgan fingerprint density at radius 2 is 2.06 bits per heavy atom. The third kappa shape index (κ3) is 4.51. The molecule has 10 nitrogen and oxygen atoms in total. The van der Waals surface area contributed by atoms with E-state index in [1.54, 1.807) is 49.5 Å². The molecule has 4 rings (SSSR count). The van der Waals surface area contributed by atoms with E-state index in [4.69, 9.17) is 9.47 Å². The molecule has 1 atom stereocenters. The number of allylic oxidation sites excluding steroid dienone is 1. The van der Waals surface area contributed by atoms with E-state index >= 15 is 0 Å². The number of fused-ring (bicyclic) bond motifs is 1. The number of anilines is 2. The van der Waals surface area contributed by atoms with E-state index in [-0.39, 0.29) is 12.5 Å². The van der Waals surface area contributed by atoms with Crippen molar-refractivity contribution in [3.63, 3.8) is 0 Å². The molecular formula is C23H26N6O4. The standard InChI is InChI=1S/C23H26N6O4/c1-14-20(22(31)26-16-6-4-10-24-13-16)21(15-8-9-17(32-2)18(12-15)33-3)29-23(25-14)27-19(28-29)7-5-11-30/h4,6,8-10,12-13,21,30H,5,7,11H2,1-3H3,(H,26,31)(H,25,27,28). The molecular weight excluding hydrogens is 424 g/mol. The third-order valence-corrected chi connectivity index (χ3v) is 5.34. The van der Waals surface area contributed by atoms with Crippen LogP contribution in [0.25, 0.3) is 0 Å². The molecule has 3 N–H and O–H groups in total. The van der Waals surface area contributed by atoms with Gasteiger partial charge in [0, 0.05) is 24.9 Å². The molecule has 2 aromatic heterocycles. The Hall–Kier alpha value is -3.92. The Labute approximate surface area is 191 Å². The van der Waals surface area contributed by atoms with Crippen LogP contribution >= 0.6 is 0 Å². The lowest BCUT2D eigenvalue weighted by molar-refractivity contribution is -0.113. The summed E-state index contributed by atoms with van der Waals surface area (Å²) in [6, 6.07) is 8.47. The van der Waals surface area contributed by atoms with Crippen molar-refractivity contribution in [3.05, 3.63) is 65.4 Å². The summed E-state index contributed by atoms with van der Waals surface area (Å²) >= 11 is 0. The van der Waals surface area contributed by atoms with Crippen LogP contribution in [0, 0.1) is 0 Å². The van der Waals surface area contributed by atoms with Gasteiger partial charge in [0.25, 0.3) is 5.91 Å². The largest absolute Gasteiger partial charge is 0.493 e. The van der Waals surface area contributed by atoms with Crippen LogP contribution in [0.5, 0.6) is 11.5 Å². The lowest BCUT2D eigenvalue weighted by Crippen LogP contribution is -2.31. The van der Waals surface area contributed by atoms with E-state index in [2.05, 4.69) is 25.7 Å². The molecule has 10 heteroatoms. The number of carbonyl (C=O) groups is 1. The zero-order valence-corrected chi connectivity index (χ0v) is 18.7. The summed E-state index contributed by atoms with van der Waals surface area (Å²) in [7, 11) is 3.14. The summed E-state index contributed by atoms with van der Waals surface area (Å²) in [4.78, 5) is 22.1. The van der Waals surface area contributed by atoms with Crippen LogP contribution in [0.4, 0.5) is 11.6 Å². The predicted molar refractivity (Wildman–Crippen MR) is 122 cm³/mol. The number of amides is 1. The van der Waals surface area contributed by atoms with E-state index in [1.165, 1.54) is 0 Å². The number of methoxy groups -OCH3 is 2. The van der Waals surface area contributed by atoms with Gasteiger partial charge in [0.15, 0.2) is 17.3 Å². The molecule has 0 fully saturated rings. The normalized spacial score (nSPS) is 15.0. The van der Waals surface area contributed by atoms with Gasteiger partial charge < -0.3 is 25.2 Å². The number of aryl methyl sites for hydroxylation is 1. The van der Waals surface area contributed by atoms with Crippen LogP contribution in [-0.4, -0.2) is 51.6 Å². The number of hydrogen-bond donors (Lipinski definition) is 3. The number of carbonyl (C=O) groups excluding carboxylic acids is 1. The number of benzene rings is 1. The van der Waals surface area contributed by atoms with E-state index in [9.17, 15) is 9.90 Å². The quantitative estimate of drug-likeness (QED) is 0.478. The lowest BCUT2D eigenvalue weighted by Gasteiger charge is -2.29. The van der Waals surface area contributed by atoms with Crippen LogP contribution in [0.2, 0.25) is 0 Å². The van der Waals surface area contributed by atoms with Gasteiger partial charge in [-0.05, 0) is 43.2 Å². The fraction of sp³-hybridized carbons (Fsp3) is 0.304. The molecule has 3 aromatic rings. The summed E-state index contributed by atoms with van der Waals surface area (Å²) in [6.45, 7) is 1.88. The first kappa shape index (κ1) is 22.3. The third-order valence-electron chi connectivity index (χ3n) is 5.34. The average Bonchev–Trinajstić information content (AvgIpc) is 3.24. The number of aliphatic hydroxyl groups excluding tert-OH is 1. The fourth-order valence-corrected chi connectivity index (χ4v) is 3.80. The maximum Gasteiger partial charge on any atom is 0.255 e. The first-order chi connectivity index (χ1) is 16.0. The van der Waals surface area contributed by atoms with Crippen molar-refractivity contribution < 1.29 is 19.4 Å². The van der Waals surface area contributed by atoms with Gasteiger partial charge in [0.1, 0.15) is 6.04 Å². The highest BCUT2D eigenvalue weighted by Crippen LogP contribution is 2.39. The van der Waals surface area contributed by atoms with Crippen molar-refractivity contribution in [3.8, 4) is 11.5 Å². The molecule has 1 aromatic carbocycles. The number of ether oxygens (including phenoxy) is 2. The van der Waals surface area contributed by atoms with Crippen molar-refractivity contribution in [1.29, 1.82) is 0 Å².